The molecule has 33 heavy (non-hydrogen) atoms. The van der Waals surface area contributed by atoms with Gasteiger partial charge in [0.1, 0.15) is 5.82 Å². The number of primary amides is 1. The number of rotatable bonds is 7. The number of nitrogens with zero attached hydrogens (tertiary/aromatic N) is 3. The number of carbonyl (C=O) groups is 1. The maximum atomic E-state index is 12.2. The maximum Gasteiger partial charge on any atom is 0.271 e. The molecule has 178 valence electrons. The molecule has 1 saturated carbocycles. The largest absolute Gasteiger partial charge is 0.393 e. The van der Waals surface area contributed by atoms with Gasteiger partial charge in [-0.05, 0) is 62.8 Å². The van der Waals surface area contributed by atoms with Crippen molar-refractivity contribution in [2.75, 3.05) is 41.7 Å². The standard InChI is InChI=1S/C24H35N7O2/c1-3-19-23(27-16-4-7-18(32)8-5-16)30-24(21(29-19)22(25)33)28-17-6-9-20(15(2)14-17)31-12-10-26-11-13-31/h6,9,14,16,18,26,32H,3-5,7-8,10-13H2,1-2H3,(H2,25,33)(H2,27,28,30)/t16-,18-. The van der Waals surface area contributed by atoms with Crippen LogP contribution in [-0.2, 0) is 6.42 Å². The molecule has 4 rings (SSSR count). The van der Waals surface area contributed by atoms with E-state index in [4.69, 9.17) is 10.7 Å². The first-order chi connectivity index (χ1) is 15.9. The molecule has 6 N–H and O–H groups in total. The molecule has 0 spiro atoms. The number of hydrogen-bond donors (Lipinski definition) is 5. The molecular formula is C24H35N7O2. The Hall–Kier alpha value is -2.91. The lowest BCUT2D eigenvalue weighted by Gasteiger charge is -2.31. The van der Waals surface area contributed by atoms with E-state index in [1.807, 2.05) is 13.0 Å². The molecule has 2 aromatic rings. The lowest BCUT2D eigenvalue weighted by atomic mass is 9.93. The Morgan fingerprint density at radius 3 is 2.55 bits per heavy atom. The van der Waals surface area contributed by atoms with Gasteiger partial charge in [-0.1, -0.05) is 6.92 Å². The minimum absolute atomic E-state index is 0.139. The first kappa shape index (κ1) is 23.3. The average molecular weight is 454 g/mol. The zero-order chi connectivity index (χ0) is 23.4. The molecule has 2 aliphatic rings. The van der Waals surface area contributed by atoms with Gasteiger partial charge in [-0.2, -0.15) is 0 Å². The van der Waals surface area contributed by atoms with Crippen LogP contribution >= 0.6 is 0 Å². The molecule has 2 heterocycles. The van der Waals surface area contributed by atoms with Crippen molar-refractivity contribution in [1.29, 1.82) is 0 Å². The highest BCUT2D eigenvalue weighted by atomic mass is 16.3. The number of aliphatic hydroxyl groups is 1. The van der Waals surface area contributed by atoms with E-state index >= 15 is 0 Å². The minimum atomic E-state index is -0.610. The topological polar surface area (TPSA) is 128 Å². The summed E-state index contributed by atoms with van der Waals surface area (Å²) in [6.07, 6.45) is 3.70. The van der Waals surface area contributed by atoms with Crippen molar-refractivity contribution in [2.24, 2.45) is 5.73 Å². The molecule has 0 radical (unpaired) electrons. The van der Waals surface area contributed by atoms with E-state index < -0.39 is 5.91 Å². The van der Waals surface area contributed by atoms with E-state index in [2.05, 4.69) is 44.9 Å². The van der Waals surface area contributed by atoms with Crippen molar-refractivity contribution in [3.8, 4) is 0 Å². The lowest BCUT2D eigenvalue weighted by molar-refractivity contribution is 0.0996. The smallest absolute Gasteiger partial charge is 0.271 e. The number of benzene rings is 1. The van der Waals surface area contributed by atoms with E-state index in [1.54, 1.807) is 0 Å². The summed E-state index contributed by atoms with van der Waals surface area (Å²) in [5.41, 5.74) is 9.70. The second-order valence-corrected chi connectivity index (χ2v) is 8.95. The van der Waals surface area contributed by atoms with E-state index in [1.165, 1.54) is 5.69 Å². The molecule has 1 aromatic heterocycles. The number of aryl methyl sites for hydroxylation is 2. The Morgan fingerprint density at radius 1 is 1.18 bits per heavy atom. The van der Waals surface area contributed by atoms with Gasteiger partial charge in [-0.15, -0.1) is 0 Å². The van der Waals surface area contributed by atoms with Gasteiger partial charge in [0, 0.05) is 43.6 Å². The van der Waals surface area contributed by atoms with Crippen molar-refractivity contribution in [2.45, 2.75) is 58.1 Å². The van der Waals surface area contributed by atoms with Gasteiger partial charge in [-0.25, -0.2) is 9.97 Å². The molecule has 0 unspecified atom stereocenters. The number of anilines is 4. The van der Waals surface area contributed by atoms with Crippen LogP contribution in [0.5, 0.6) is 0 Å². The number of piperazine rings is 1. The summed E-state index contributed by atoms with van der Waals surface area (Å²) in [6.45, 7) is 8.00. The number of amides is 1. The molecule has 2 fully saturated rings. The molecule has 1 aliphatic carbocycles. The monoisotopic (exact) mass is 453 g/mol. The van der Waals surface area contributed by atoms with Crippen LogP contribution < -0.4 is 26.6 Å². The van der Waals surface area contributed by atoms with Gasteiger partial charge in [0.05, 0.1) is 11.8 Å². The molecule has 0 bridgehead atoms. The number of aliphatic hydroxyl groups excluding tert-OH is 1. The molecular weight excluding hydrogens is 418 g/mol. The van der Waals surface area contributed by atoms with Crippen molar-refractivity contribution in [1.82, 2.24) is 15.3 Å². The number of nitrogens with one attached hydrogen (secondary N) is 3. The van der Waals surface area contributed by atoms with Crippen LogP contribution in [-0.4, -0.2) is 59.3 Å². The Labute approximate surface area is 195 Å². The minimum Gasteiger partial charge on any atom is -0.393 e. The number of hydrogen-bond acceptors (Lipinski definition) is 8. The van der Waals surface area contributed by atoms with Crippen LogP contribution in [0.3, 0.4) is 0 Å². The summed E-state index contributed by atoms with van der Waals surface area (Å²) in [5, 5.41) is 19.9. The Morgan fingerprint density at radius 2 is 1.91 bits per heavy atom. The number of nitrogens with two attached hydrogens (primary N) is 1. The zero-order valence-corrected chi connectivity index (χ0v) is 19.5. The fourth-order valence-electron chi connectivity index (χ4n) is 4.64. The fraction of sp³-hybridized carbons (Fsp3) is 0.542. The maximum absolute atomic E-state index is 12.2. The highest BCUT2D eigenvalue weighted by Gasteiger charge is 2.23. The Kier molecular flexibility index (Phi) is 7.29. The summed E-state index contributed by atoms with van der Waals surface area (Å²) in [7, 11) is 0. The fourth-order valence-corrected chi connectivity index (χ4v) is 4.64. The second-order valence-electron chi connectivity index (χ2n) is 8.95. The van der Waals surface area contributed by atoms with Gasteiger partial charge < -0.3 is 31.7 Å². The summed E-state index contributed by atoms with van der Waals surface area (Å²) < 4.78 is 0. The SMILES string of the molecule is CCc1nc(C(N)=O)c(Nc2ccc(N3CCNCC3)c(C)c2)nc1N[C@H]1CC[C@H](O)CC1. The van der Waals surface area contributed by atoms with Crippen molar-refractivity contribution < 1.29 is 9.90 Å². The first-order valence-corrected chi connectivity index (χ1v) is 11.9. The summed E-state index contributed by atoms with van der Waals surface area (Å²) in [4.78, 5) is 23.8. The van der Waals surface area contributed by atoms with E-state index in [0.29, 0.717) is 23.8 Å². The zero-order valence-electron chi connectivity index (χ0n) is 19.5. The lowest BCUT2D eigenvalue weighted by Crippen LogP contribution is -2.43. The van der Waals surface area contributed by atoms with Gasteiger partial charge in [0.2, 0.25) is 0 Å². The van der Waals surface area contributed by atoms with Crippen molar-refractivity contribution in [3.05, 3.63) is 35.2 Å². The quantitative estimate of drug-likeness (QED) is 0.432. The van der Waals surface area contributed by atoms with Crippen molar-refractivity contribution in [3.63, 3.8) is 0 Å². The number of carbonyl (C=O) groups excluding carboxylic acids is 1. The molecule has 9 nitrogen and oxygen atoms in total. The third kappa shape index (κ3) is 5.54. The molecule has 1 aliphatic heterocycles. The van der Waals surface area contributed by atoms with Crippen LogP contribution in [0, 0.1) is 6.92 Å². The van der Waals surface area contributed by atoms with Crippen LogP contribution in [0.15, 0.2) is 18.2 Å². The van der Waals surface area contributed by atoms with Gasteiger partial charge >= 0.3 is 0 Å². The van der Waals surface area contributed by atoms with E-state index in [0.717, 1.165) is 63.1 Å². The highest BCUT2D eigenvalue weighted by molar-refractivity contribution is 5.96. The predicted molar refractivity (Wildman–Crippen MR) is 131 cm³/mol. The molecule has 1 amide bonds. The third-order valence-electron chi connectivity index (χ3n) is 6.49. The van der Waals surface area contributed by atoms with Gasteiger partial charge in [-0.3, -0.25) is 4.79 Å². The van der Waals surface area contributed by atoms with Crippen LogP contribution in [0.4, 0.5) is 23.0 Å². The van der Waals surface area contributed by atoms with Gasteiger partial charge in [0.25, 0.3) is 5.91 Å². The van der Waals surface area contributed by atoms with Gasteiger partial charge in [0.15, 0.2) is 11.5 Å². The second kappa shape index (κ2) is 10.4. The molecule has 1 saturated heterocycles. The Balaban J connectivity index is 1.59. The summed E-state index contributed by atoms with van der Waals surface area (Å²) in [6, 6.07) is 6.39. The Bertz CT molecular complexity index is 983. The van der Waals surface area contributed by atoms with Crippen LogP contribution in [0.1, 0.15) is 54.4 Å². The first-order valence-electron chi connectivity index (χ1n) is 11.9. The van der Waals surface area contributed by atoms with Crippen LogP contribution in [0.2, 0.25) is 0 Å². The van der Waals surface area contributed by atoms with Crippen LogP contribution in [0.25, 0.3) is 0 Å². The molecule has 1 aromatic carbocycles. The number of aromatic nitrogens is 2. The van der Waals surface area contributed by atoms with E-state index in [-0.39, 0.29) is 17.8 Å². The summed E-state index contributed by atoms with van der Waals surface area (Å²) in [5.74, 6) is 0.411. The van der Waals surface area contributed by atoms with Crippen molar-refractivity contribution >= 4 is 28.9 Å². The average Bonchev–Trinajstić information content (AvgIpc) is 2.81. The normalized spacial score (nSPS) is 21.0. The summed E-state index contributed by atoms with van der Waals surface area (Å²) >= 11 is 0. The third-order valence-corrected chi connectivity index (χ3v) is 6.49. The predicted octanol–water partition coefficient (Wildman–Crippen LogP) is 2.31. The molecule has 0 atom stereocenters. The molecule has 9 heteroatoms. The van der Waals surface area contributed by atoms with E-state index in [9.17, 15) is 9.90 Å². The highest BCUT2D eigenvalue weighted by Crippen LogP contribution is 2.29.